The summed E-state index contributed by atoms with van der Waals surface area (Å²) >= 11 is 0. The summed E-state index contributed by atoms with van der Waals surface area (Å²) in [6, 6.07) is 0.108. The SMILES string of the molecule is COC(=O)NC(=O)CN(CC(N)=O)C1CCNCC1. The van der Waals surface area contributed by atoms with Gasteiger partial charge in [0.05, 0.1) is 20.2 Å². The van der Waals surface area contributed by atoms with Gasteiger partial charge in [-0.1, -0.05) is 0 Å². The minimum absolute atomic E-state index is 0.000735. The molecule has 0 aromatic rings. The van der Waals surface area contributed by atoms with E-state index >= 15 is 0 Å². The van der Waals surface area contributed by atoms with Crippen LogP contribution in [0.25, 0.3) is 0 Å². The molecule has 1 aliphatic heterocycles. The number of nitrogens with one attached hydrogen (secondary N) is 2. The van der Waals surface area contributed by atoms with Crippen molar-refractivity contribution in [2.75, 3.05) is 33.3 Å². The molecule has 0 atom stereocenters. The van der Waals surface area contributed by atoms with Gasteiger partial charge in [-0.25, -0.2) is 4.79 Å². The number of imide groups is 1. The maximum absolute atomic E-state index is 11.6. The fraction of sp³-hybridized carbons (Fsp3) is 0.727. The van der Waals surface area contributed by atoms with E-state index in [4.69, 9.17) is 5.73 Å². The van der Waals surface area contributed by atoms with E-state index in [1.54, 1.807) is 4.90 Å². The first-order chi connectivity index (χ1) is 9.02. The molecule has 1 saturated heterocycles. The predicted molar refractivity (Wildman–Crippen MR) is 67.2 cm³/mol. The van der Waals surface area contributed by atoms with Crippen molar-refractivity contribution in [2.24, 2.45) is 5.73 Å². The average Bonchev–Trinajstić information content (AvgIpc) is 2.38. The second-order valence-corrected chi connectivity index (χ2v) is 4.39. The van der Waals surface area contributed by atoms with E-state index in [1.807, 2.05) is 0 Å². The van der Waals surface area contributed by atoms with Crippen molar-refractivity contribution in [1.29, 1.82) is 0 Å². The number of nitrogens with zero attached hydrogens (tertiary/aromatic N) is 1. The molecule has 8 heteroatoms. The van der Waals surface area contributed by atoms with Crippen LogP contribution in [0, 0.1) is 0 Å². The summed E-state index contributed by atoms with van der Waals surface area (Å²) in [5.41, 5.74) is 5.18. The van der Waals surface area contributed by atoms with Crippen LogP contribution in [-0.2, 0) is 14.3 Å². The highest BCUT2D eigenvalue weighted by Gasteiger charge is 2.24. The summed E-state index contributed by atoms with van der Waals surface area (Å²) in [6.07, 6.45) is 0.853. The van der Waals surface area contributed by atoms with Crippen molar-refractivity contribution in [2.45, 2.75) is 18.9 Å². The first kappa shape index (κ1) is 15.4. The summed E-state index contributed by atoms with van der Waals surface area (Å²) in [4.78, 5) is 35.3. The molecule has 1 aliphatic rings. The van der Waals surface area contributed by atoms with Crippen LogP contribution in [0.1, 0.15) is 12.8 Å². The van der Waals surface area contributed by atoms with Gasteiger partial charge in [0.15, 0.2) is 0 Å². The molecule has 0 unspecified atom stereocenters. The third-order valence-electron chi connectivity index (χ3n) is 2.96. The Morgan fingerprint density at radius 2 is 1.95 bits per heavy atom. The molecule has 0 spiro atoms. The number of piperidine rings is 1. The van der Waals surface area contributed by atoms with Crippen molar-refractivity contribution in [3.05, 3.63) is 0 Å². The Balaban J connectivity index is 2.55. The van der Waals surface area contributed by atoms with Crippen molar-refractivity contribution in [3.8, 4) is 0 Å². The number of methoxy groups -OCH3 is 1. The maximum atomic E-state index is 11.6. The van der Waals surface area contributed by atoms with Gasteiger partial charge in [0, 0.05) is 6.04 Å². The Labute approximate surface area is 111 Å². The molecule has 19 heavy (non-hydrogen) atoms. The van der Waals surface area contributed by atoms with Crippen LogP contribution < -0.4 is 16.4 Å². The van der Waals surface area contributed by atoms with Gasteiger partial charge in [-0.05, 0) is 25.9 Å². The van der Waals surface area contributed by atoms with E-state index in [0.29, 0.717) is 0 Å². The number of ether oxygens (including phenoxy) is 1. The Bertz CT molecular complexity index is 342. The van der Waals surface area contributed by atoms with Crippen molar-refractivity contribution >= 4 is 17.9 Å². The van der Waals surface area contributed by atoms with Gasteiger partial charge in [0.25, 0.3) is 0 Å². The highest BCUT2D eigenvalue weighted by molar-refractivity contribution is 5.93. The van der Waals surface area contributed by atoms with Crippen LogP contribution >= 0.6 is 0 Å². The minimum Gasteiger partial charge on any atom is -0.453 e. The molecule has 0 radical (unpaired) electrons. The summed E-state index contributed by atoms with van der Waals surface area (Å²) in [7, 11) is 1.18. The number of rotatable bonds is 5. The van der Waals surface area contributed by atoms with Gasteiger partial charge in [-0.3, -0.25) is 19.8 Å². The van der Waals surface area contributed by atoms with Crippen molar-refractivity contribution in [1.82, 2.24) is 15.5 Å². The first-order valence-corrected chi connectivity index (χ1v) is 6.13. The molecule has 0 aromatic carbocycles. The van der Waals surface area contributed by atoms with Gasteiger partial charge in [0.2, 0.25) is 11.8 Å². The van der Waals surface area contributed by atoms with E-state index in [9.17, 15) is 14.4 Å². The standard InChI is InChI=1S/C11H20N4O4/c1-19-11(18)14-10(17)7-15(6-9(12)16)8-2-4-13-5-3-8/h8,13H,2-7H2,1H3,(H2,12,16)(H,14,17,18). The molecule has 1 rings (SSSR count). The maximum Gasteiger partial charge on any atom is 0.413 e. The Hall–Kier alpha value is -1.67. The molecular formula is C11H20N4O4. The van der Waals surface area contributed by atoms with E-state index in [0.717, 1.165) is 25.9 Å². The minimum atomic E-state index is -0.811. The lowest BCUT2D eigenvalue weighted by Gasteiger charge is -2.33. The van der Waals surface area contributed by atoms with Crippen LogP contribution in [-0.4, -0.2) is 62.1 Å². The number of amides is 3. The molecule has 1 fully saturated rings. The molecule has 108 valence electrons. The lowest BCUT2D eigenvalue weighted by molar-refractivity contribution is -0.124. The molecule has 0 bridgehead atoms. The molecule has 0 aromatic heterocycles. The quantitative estimate of drug-likeness (QED) is 0.556. The van der Waals surface area contributed by atoms with Gasteiger partial charge >= 0.3 is 6.09 Å². The fourth-order valence-corrected chi connectivity index (χ4v) is 2.07. The lowest BCUT2D eigenvalue weighted by atomic mass is 10.0. The van der Waals surface area contributed by atoms with Crippen LogP contribution in [0.4, 0.5) is 4.79 Å². The molecule has 8 nitrogen and oxygen atoms in total. The topological polar surface area (TPSA) is 114 Å². The molecule has 3 amide bonds. The normalized spacial score (nSPS) is 16.1. The second kappa shape index (κ2) is 7.70. The summed E-state index contributed by atoms with van der Waals surface area (Å²) in [5.74, 6) is -1.00. The number of carbonyl (C=O) groups is 3. The van der Waals surface area contributed by atoms with Crippen molar-refractivity contribution < 1.29 is 19.1 Å². The van der Waals surface area contributed by atoms with E-state index in [2.05, 4.69) is 15.4 Å². The molecular weight excluding hydrogens is 252 g/mol. The Morgan fingerprint density at radius 3 is 2.47 bits per heavy atom. The summed E-state index contributed by atoms with van der Waals surface area (Å²) in [5, 5.41) is 5.26. The summed E-state index contributed by atoms with van der Waals surface area (Å²) < 4.78 is 4.34. The van der Waals surface area contributed by atoms with Gasteiger partial charge in [0.1, 0.15) is 0 Å². The average molecular weight is 272 g/mol. The molecule has 0 aliphatic carbocycles. The molecule has 4 N–H and O–H groups in total. The number of hydrogen-bond acceptors (Lipinski definition) is 6. The van der Waals surface area contributed by atoms with Gasteiger partial charge in [-0.2, -0.15) is 0 Å². The highest BCUT2D eigenvalue weighted by Crippen LogP contribution is 2.11. The third-order valence-corrected chi connectivity index (χ3v) is 2.96. The molecule has 1 heterocycles. The zero-order chi connectivity index (χ0) is 14.3. The summed E-state index contributed by atoms with van der Waals surface area (Å²) in [6.45, 7) is 1.61. The number of hydrogen-bond donors (Lipinski definition) is 3. The zero-order valence-electron chi connectivity index (χ0n) is 11.0. The second-order valence-electron chi connectivity index (χ2n) is 4.39. The van der Waals surface area contributed by atoms with E-state index < -0.39 is 17.9 Å². The number of nitrogens with two attached hydrogens (primary N) is 1. The Kier molecular flexibility index (Phi) is 6.23. The highest BCUT2D eigenvalue weighted by atomic mass is 16.5. The molecule has 0 saturated carbocycles. The van der Waals surface area contributed by atoms with Crippen LogP contribution in [0.5, 0.6) is 0 Å². The van der Waals surface area contributed by atoms with Gasteiger partial charge in [-0.15, -0.1) is 0 Å². The van der Waals surface area contributed by atoms with E-state index in [1.165, 1.54) is 7.11 Å². The van der Waals surface area contributed by atoms with Crippen molar-refractivity contribution in [3.63, 3.8) is 0 Å². The van der Waals surface area contributed by atoms with Gasteiger partial charge < -0.3 is 15.8 Å². The fourth-order valence-electron chi connectivity index (χ4n) is 2.07. The van der Waals surface area contributed by atoms with Crippen LogP contribution in [0.15, 0.2) is 0 Å². The number of carbonyl (C=O) groups excluding carboxylic acids is 3. The smallest absolute Gasteiger partial charge is 0.413 e. The largest absolute Gasteiger partial charge is 0.453 e. The zero-order valence-corrected chi connectivity index (χ0v) is 11.0. The lowest BCUT2D eigenvalue weighted by Crippen LogP contribution is -2.50. The van der Waals surface area contributed by atoms with E-state index in [-0.39, 0.29) is 19.1 Å². The predicted octanol–water partition coefficient (Wildman–Crippen LogP) is -1.59. The monoisotopic (exact) mass is 272 g/mol. The Morgan fingerprint density at radius 1 is 1.32 bits per heavy atom. The third kappa shape index (κ3) is 5.66. The van der Waals surface area contributed by atoms with Crippen LogP contribution in [0.3, 0.4) is 0 Å². The van der Waals surface area contributed by atoms with Crippen LogP contribution in [0.2, 0.25) is 0 Å². The number of primary amides is 1. The first-order valence-electron chi connectivity index (χ1n) is 6.13. The number of alkyl carbamates (subject to hydrolysis) is 1.